The predicted molar refractivity (Wildman–Crippen MR) is 81.7 cm³/mol. The van der Waals surface area contributed by atoms with Crippen molar-refractivity contribution in [2.45, 2.75) is 20.8 Å². The van der Waals surface area contributed by atoms with Crippen molar-refractivity contribution in [3.8, 4) is 0 Å². The number of nitrogens with one attached hydrogen (secondary N) is 1. The van der Waals surface area contributed by atoms with Gasteiger partial charge in [0.15, 0.2) is 0 Å². The van der Waals surface area contributed by atoms with Gasteiger partial charge >= 0.3 is 0 Å². The molecule has 0 fully saturated rings. The van der Waals surface area contributed by atoms with Crippen molar-refractivity contribution in [1.82, 2.24) is 4.72 Å². The van der Waals surface area contributed by atoms with Crippen molar-refractivity contribution < 1.29 is 13.2 Å². The average molecular weight is 319 g/mol. The van der Waals surface area contributed by atoms with Crippen molar-refractivity contribution in [2.75, 3.05) is 23.7 Å². The van der Waals surface area contributed by atoms with Crippen molar-refractivity contribution in [3.63, 3.8) is 0 Å². The quantitative estimate of drug-likeness (QED) is 0.871. The second-order valence-electron chi connectivity index (χ2n) is 4.35. The van der Waals surface area contributed by atoms with Crippen LogP contribution in [0.15, 0.2) is 18.2 Å². The molecule has 0 unspecified atom stereocenters. The summed E-state index contributed by atoms with van der Waals surface area (Å²) in [5.74, 6) is -0.144. The Morgan fingerprint density at radius 1 is 1.40 bits per heavy atom. The first kappa shape index (κ1) is 16.9. The lowest BCUT2D eigenvalue weighted by Gasteiger charge is -2.23. The largest absolute Gasteiger partial charge is 0.311 e. The second-order valence-corrected chi connectivity index (χ2v) is 6.86. The number of carbonyl (C=O) groups excluding carboxylic acids is 1. The number of carbonyl (C=O) groups is 1. The highest BCUT2D eigenvalue weighted by atomic mass is 35.5. The summed E-state index contributed by atoms with van der Waals surface area (Å²) in [5.41, 5.74) is 1.49. The summed E-state index contributed by atoms with van der Waals surface area (Å²) in [4.78, 5) is 13.3. The molecule has 1 rings (SSSR count). The molecule has 0 aliphatic carbocycles. The molecule has 0 bridgehead atoms. The maximum absolute atomic E-state index is 11.7. The zero-order chi connectivity index (χ0) is 15.3. The molecule has 0 heterocycles. The fraction of sp³-hybridized carbons (Fsp3) is 0.462. The summed E-state index contributed by atoms with van der Waals surface area (Å²) >= 11 is 6.04. The monoisotopic (exact) mass is 318 g/mol. The van der Waals surface area contributed by atoms with E-state index in [0.29, 0.717) is 10.7 Å². The zero-order valence-electron chi connectivity index (χ0n) is 11.8. The van der Waals surface area contributed by atoms with Crippen LogP contribution in [0.5, 0.6) is 0 Å². The van der Waals surface area contributed by atoms with Crippen LogP contribution < -0.4 is 9.62 Å². The van der Waals surface area contributed by atoms with Crippen LogP contribution in [0.3, 0.4) is 0 Å². The van der Waals surface area contributed by atoms with Crippen molar-refractivity contribution in [1.29, 1.82) is 0 Å². The van der Waals surface area contributed by atoms with E-state index in [-0.39, 0.29) is 24.7 Å². The van der Waals surface area contributed by atoms with E-state index in [1.54, 1.807) is 25.1 Å². The van der Waals surface area contributed by atoms with E-state index in [1.165, 1.54) is 11.8 Å². The molecule has 112 valence electrons. The van der Waals surface area contributed by atoms with E-state index in [4.69, 9.17) is 11.6 Å². The smallest absolute Gasteiger partial charge is 0.223 e. The van der Waals surface area contributed by atoms with E-state index < -0.39 is 10.0 Å². The minimum atomic E-state index is -3.26. The molecular formula is C13H19ClN2O3S. The van der Waals surface area contributed by atoms with Gasteiger partial charge in [0, 0.05) is 30.7 Å². The number of benzene rings is 1. The van der Waals surface area contributed by atoms with Crippen LogP contribution in [-0.2, 0) is 14.8 Å². The Bertz CT molecular complexity index is 587. The zero-order valence-corrected chi connectivity index (χ0v) is 13.4. The maximum Gasteiger partial charge on any atom is 0.223 e. The molecule has 1 aromatic carbocycles. The molecule has 20 heavy (non-hydrogen) atoms. The normalized spacial score (nSPS) is 11.4. The lowest BCUT2D eigenvalue weighted by molar-refractivity contribution is -0.116. The summed E-state index contributed by atoms with van der Waals surface area (Å²) in [6.45, 7) is 5.25. The van der Waals surface area contributed by atoms with Crippen LogP contribution in [0.1, 0.15) is 19.4 Å². The maximum atomic E-state index is 11.7. The molecule has 0 aliphatic heterocycles. The van der Waals surface area contributed by atoms with E-state index in [9.17, 15) is 13.2 Å². The number of hydrogen-bond donors (Lipinski definition) is 1. The minimum absolute atomic E-state index is 0.0171. The first-order chi connectivity index (χ1) is 9.28. The Morgan fingerprint density at radius 3 is 2.60 bits per heavy atom. The number of hydrogen-bond acceptors (Lipinski definition) is 3. The summed E-state index contributed by atoms with van der Waals surface area (Å²) < 4.78 is 25.2. The molecule has 5 nitrogen and oxygen atoms in total. The second kappa shape index (κ2) is 7.06. The third-order valence-corrected chi connectivity index (χ3v) is 4.76. The molecule has 0 saturated heterocycles. The van der Waals surface area contributed by atoms with Gasteiger partial charge in [0.25, 0.3) is 0 Å². The summed E-state index contributed by atoms with van der Waals surface area (Å²) in [6, 6.07) is 5.30. The average Bonchev–Trinajstić information content (AvgIpc) is 2.38. The fourth-order valence-electron chi connectivity index (χ4n) is 1.75. The Morgan fingerprint density at radius 2 is 2.05 bits per heavy atom. The molecule has 0 radical (unpaired) electrons. The number of sulfonamides is 1. The van der Waals surface area contributed by atoms with Gasteiger partial charge in [0.05, 0.1) is 5.75 Å². The van der Waals surface area contributed by atoms with Crippen molar-refractivity contribution in [3.05, 3.63) is 28.8 Å². The third-order valence-electron chi connectivity index (χ3n) is 2.95. The Balaban J connectivity index is 2.86. The standard InChI is InChI=1S/C13H19ClN2O3S/c1-4-20(18,19)15-8-9-16(11(3)17)13-7-5-6-12(14)10(13)2/h5-7,15H,4,8-9H2,1-3H3. The Kier molecular flexibility index (Phi) is 5.98. The van der Waals surface area contributed by atoms with Crippen LogP contribution in [0.25, 0.3) is 0 Å². The van der Waals surface area contributed by atoms with Gasteiger partial charge < -0.3 is 4.90 Å². The lowest BCUT2D eigenvalue weighted by atomic mass is 10.1. The Labute approximate surface area is 125 Å². The number of nitrogens with zero attached hydrogens (tertiary/aromatic N) is 1. The van der Waals surface area contributed by atoms with E-state index >= 15 is 0 Å². The van der Waals surface area contributed by atoms with E-state index in [1.807, 2.05) is 6.92 Å². The number of halogens is 1. The third kappa shape index (κ3) is 4.47. The highest BCUT2D eigenvalue weighted by Crippen LogP contribution is 2.26. The molecule has 0 saturated carbocycles. The number of rotatable bonds is 6. The van der Waals surface area contributed by atoms with Crippen LogP contribution in [0, 0.1) is 6.92 Å². The molecular weight excluding hydrogens is 300 g/mol. The van der Waals surface area contributed by atoms with Gasteiger partial charge in [-0.1, -0.05) is 17.7 Å². The summed E-state index contributed by atoms with van der Waals surface area (Å²) in [7, 11) is -3.26. The van der Waals surface area contributed by atoms with Crippen LogP contribution >= 0.6 is 11.6 Å². The van der Waals surface area contributed by atoms with Crippen LogP contribution in [-0.4, -0.2) is 33.2 Å². The van der Waals surface area contributed by atoms with E-state index in [0.717, 1.165) is 5.56 Å². The Hall–Kier alpha value is -1.11. The molecule has 0 atom stereocenters. The molecule has 7 heteroatoms. The summed E-state index contributed by atoms with van der Waals surface area (Å²) in [5, 5.41) is 0.572. The van der Waals surface area contributed by atoms with Gasteiger partial charge in [-0.2, -0.15) is 0 Å². The number of amides is 1. The van der Waals surface area contributed by atoms with Crippen molar-refractivity contribution >= 4 is 33.2 Å². The van der Waals surface area contributed by atoms with Crippen molar-refractivity contribution in [2.24, 2.45) is 0 Å². The highest BCUT2D eigenvalue weighted by molar-refractivity contribution is 7.89. The topological polar surface area (TPSA) is 66.5 Å². The van der Waals surface area contributed by atoms with Gasteiger partial charge in [0.1, 0.15) is 0 Å². The van der Waals surface area contributed by atoms with Gasteiger partial charge in [-0.15, -0.1) is 0 Å². The molecule has 0 spiro atoms. The first-order valence-corrected chi connectivity index (χ1v) is 8.32. The molecule has 1 amide bonds. The van der Waals surface area contributed by atoms with Gasteiger partial charge in [-0.3, -0.25) is 4.79 Å². The van der Waals surface area contributed by atoms with Crippen LogP contribution in [0.2, 0.25) is 5.02 Å². The van der Waals surface area contributed by atoms with Gasteiger partial charge in [0.2, 0.25) is 15.9 Å². The molecule has 0 aromatic heterocycles. The van der Waals surface area contributed by atoms with Gasteiger partial charge in [-0.05, 0) is 31.5 Å². The van der Waals surface area contributed by atoms with E-state index in [2.05, 4.69) is 4.72 Å². The van der Waals surface area contributed by atoms with Crippen LogP contribution in [0.4, 0.5) is 5.69 Å². The lowest BCUT2D eigenvalue weighted by Crippen LogP contribution is -2.38. The minimum Gasteiger partial charge on any atom is -0.311 e. The summed E-state index contributed by atoms with van der Waals surface area (Å²) in [6.07, 6.45) is 0. The SMILES string of the molecule is CCS(=O)(=O)NCCN(C(C)=O)c1cccc(Cl)c1C. The fourth-order valence-corrected chi connectivity index (χ4v) is 2.53. The van der Waals surface area contributed by atoms with Gasteiger partial charge in [-0.25, -0.2) is 13.1 Å². The predicted octanol–water partition coefficient (Wildman–Crippen LogP) is 1.94. The number of anilines is 1. The molecule has 1 N–H and O–H groups in total. The highest BCUT2D eigenvalue weighted by Gasteiger charge is 2.16. The molecule has 0 aliphatic rings. The first-order valence-electron chi connectivity index (χ1n) is 6.29. The molecule has 1 aromatic rings.